The van der Waals surface area contributed by atoms with Gasteiger partial charge in [-0.25, -0.2) is 9.97 Å². The smallest absolute Gasteiger partial charge is 0.191 e. The molecular weight excluding hydrogens is 246 g/mol. The van der Waals surface area contributed by atoms with Gasteiger partial charge in [-0.05, 0) is 39.6 Å². The van der Waals surface area contributed by atoms with E-state index in [9.17, 15) is 0 Å². The second-order valence-corrected chi connectivity index (χ2v) is 5.65. The molecule has 0 saturated heterocycles. The summed E-state index contributed by atoms with van der Waals surface area (Å²) < 4.78 is 0. The van der Waals surface area contributed by atoms with Gasteiger partial charge in [-0.15, -0.1) is 0 Å². The number of anilines is 2. The zero-order valence-electron chi connectivity index (χ0n) is 11.2. The summed E-state index contributed by atoms with van der Waals surface area (Å²) in [4.78, 5) is 10.9. The van der Waals surface area contributed by atoms with Crippen LogP contribution in [0.15, 0.2) is 11.2 Å². The molecule has 100 valence electrons. The summed E-state index contributed by atoms with van der Waals surface area (Å²) in [6.07, 6.45) is 5.63. The molecule has 0 unspecified atom stereocenters. The van der Waals surface area contributed by atoms with E-state index in [1.54, 1.807) is 0 Å². The minimum atomic E-state index is 0.448. The summed E-state index contributed by atoms with van der Waals surface area (Å²) in [5.41, 5.74) is 5.79. The predicted molar refractivity (Wildman–Crippen MR) is 77.0 cm³/mol. The van der Waals surface area contributed by atoms with Crippen LogP contribution in [-0.2, 0) is 0 Å². The fourth-order valence-corrected chi connectivity index (χ4v) is 2.91. The lowest BCUT2D eigenvalue weighted by molar-refractivity contribution is 0.284. The van der Waals surface area contributed by atoms with E-state index < -0.39 is 0 Å². The minimum absolute atomic E-state index is 0.448. The summed E-state index contributed by atoms with van der Waals surface area (Å²) in [5, 5.41) is 4.22. The number of thioether (sulfide) groups is 1. The predicted octanol–water partition coefficient (Wildman–Crippen LogP) is 1.68. The van der Waals surface area contributed by atoms with Gasteiger partial charge in [0.2, 0.25) is 0 Å². The first-order chi connectivity index (χ1) is 8.60. The standard InChI is InChI=1S/C12H21N5S/c1-17(2)9-6-4-5-8(9)14-11-7-10(13)15-12(16-11)18-3/h7-9H,4-6H2,1-3H3,(H3,13,14,15,16)/t8-,9-/m1/s1. The zero-order chi connectivity index (χ0) is 13.1. The molecule has 18 heavy (non-hydrogen) atoms. The summed E-state index contributed by atoms with van der Waals surface area (Å²) in [6, 6.07) is 2.83. The van der Waals surface area contributed by atoms with Crippen molar-refractivity contribution in [3.63, 3.8) is 0 Å². The van der Waals surface area contributed by atoms with Crippen LogP contribution in [0.2, 0.25) is 0 Å². The Morgan fingerprint density at radius 2 is 2.17 bits per heavy atom. The molecule has 0 aliphatic heterocycles. The number of nitrogens with one attached hydrogen (secondary N) is 1. The molecule has 0 bridgehead atoms. The highest BCUT2D eigenvalue weighted by molar-refractivity contribution is 7.98. The van der Waals surface area contributed by atoms with E-state index in [1.165, 1.54) is 31.0 Å². The van der Waals surface area contributed by atoms with E-state index in [2.05, 4.69) is 34.3 Å². The molecule has 1 heterocycles. The maximum Gasteiger partial charge on any atom is 0.191 e. The van der Waals surface area contributed by atoms with Crippen molar-refractivity contribution >= 4 is 23.4 Å². The molecule has 2 atom stereocenters. The molecule has 1 aromatic heterocycles. The molecule has 3 N–H and O–H groups in total. The van der Waals surface area contributed by atoms with Gasteiger partial charge in [-0.3, -0.25) is 0 Å². The first kappa shape index (κ1) is 13.4. The van der Waals surface area contributed by atoms with Gasteiger partial charge in [0, 0.05) is 18.2 Å². The summed E-state index contributed by atoms with van der Waals surface area (Å²) >= 11 is 1.51. The molecule has 1 fully saturated rings. The minimum Gasteiger partial charge on any atom is -0.383 e. The van der Waals surface area contributed by atoms with E-state index in [1.807, 2.05) is 12.3 Å². The highest BCUT2D eigenvalue weighted by Crippen LogP contribution is 2.26. The zero-order valence-corrected chi connectivity index (χ0v) is 12.0. The van der Waals surface area contributed by atoms with Crippen molar-refractivity contribution < 1.29 is 0 Å². The summed E-state index contributed by atoms with van der Waals surface area (Å²) in [7, 11) is 4.26. The average Bonchev–Trinajstić information content (AvgIpc) is 2.76. The first-order valence-corrected chi connectivity index (χ1v) is 7.44. The molecule has 0 radical (unpaired) electrons. The molecule has 1 aliphatic rings. The quantitative estimate of drug-likeness (QED) is 0.639. The highest BCUT2D eigenvalue weighted by atomic mass is 32.2. The van der Waals surface area contributed by atoms with Crippen LogP contribution < -0.4 is 11.1 Å². The Balaban J connectivity index is 2.11. The number of rotatable bonds is 4. The summed E-state index contributed by atoms with van der Waals surface area (Å²) in [6.45, 7) is 0. The monoisotopic (exact) mass is 267 g/mol. The van der Waals surface area contributed by atoms with Crippen LogP contribution in [0.25, 0.3) is 0 Å². The van der Waals surface area contributed by atoms with Gasteiger partial charge in [0.15, 0.2) is 5.16 Å². The van der Waals surface area contributed by atoms with Crippen LogP contribution in [0.3, 0.4) is 0 Å². The largest absolute Gasteiger partial charge is 0.383 e. The van der Waals surface area contributed by atoms with Crippen LogP contribution in [0, 0.1) is 0 Å². The van der Waals surface area contributed by atoms with E-state index in [0.717, 1.165) is 11.0 Å². The molecule has 0 aromatic carbocycles. The highest BCUT2D eigenvalue weighted by Gasteiger charge is 2.29. The van der Waals surface area contributed by atoms with E-state index in [4.69, 9.17) is 5.73 Å². The fourth-order valence-electron chi connectivity index (χ4n) is 2.53. The van der Waals surface area contributed by atoms with Gasteiger partial charge < -0.3 is 16.0 Å². The number of nitrogen functional groups attached to an aromatic ring is 1. The molecule has 6 heteroatoms. The third-order valence-electron chi connectivity index (χ3n) is 3.38. The van der Waals surface area contributed by atoms with E-state index in [-0.39, 0.29) is 0 Å². The molecule has 1 aliphatic carbocycles. The number of likely N-dealkylation sites (N-methyl/N-ethyl adjacent to an activating group) is 1. The Kier molecular flexibility index (Phi) is 4.29. The van der Waals surface area contributed by atoms with Crippen LogP contribution >= 0.6 is 11.8 Å². The lowest BCUT2D eigenvalue weighted by atomic mass is 10.1. The van der Waals surface area contributed by atoms with Crippen molar-refractivity contribution in [1.82, 2.24) is 14.9 Å². The molecular formula is C12H21N5S. The maximum atomic E-state index is 5.79. The molecule has 0 amide bonds. The molecule has 1 aromatic rings. The van der Waals surface area contributed by atoms with Gasteiger partial charge in [0.25, 0.3) is 0 Å². The Bertz CT molecular complexity index is 409. The van der Waals surface area contributed by atoms with Gasteiger partial charge >= 0.3 is 0 Å². The van der Waals surface area contributed by atoms with Gasteiger partial charge in [-0.1, -0.05) is 11.8 Å². The van der Waals surface area contributed by atoms with Crippen LogP contribution in [0.5, 0.6) is 0 Å². The Labute approximate surface area is 113 Å². The van der Waals surface area contributed by atoms with Crippen molar-refractivity contribution in [3.8, 4) is 0 Å². The number of nitrogens with zero attached hydrogens (tertiary/aromatic N) is 3. The average molecular weight is 267 g/mol. The Morgan fingerprint density at radius 1 is 1.39 bits per heavy atom. The van der Waals surface area contributed by atoms with Crippen molar-refractivity contribution in [2.75, 3.05) is 31.4 Å². The third kappa shape index (κ3) is 3.05. The summed E-state index contributed by atoms with van der Waals surface area (Å²) in [5.74, 6) is 1.36. The lowest BCUT2D eigenvalue weighted by Gasteiger charge is -2.27. The van der Waals surface area contributed by atoms with Crippen molar-refractivity contribution in [1.29, 1.82) is 0 Å². The lowest BCUT2D eigenvalue weighted by Crippen LogP contribution is -2.39. The van der Waals surface area contributed by atoms with E-state index in [0.29, 0.717) is 17.9 Å². The molecule has 5 nitrogen and oxygen atoms in total. The van der Waals surface area contributed by atoms with Crippen molar-refractivity contribution in [2.24, 2.45) is 0 Å². The number of hydrogen-bond donors (Lipinski definition) is 2. The van der Waals surface area contributed by atoms with Crippen molar-refractivity contribution in [2.45, 2.75) is 36.5 Å². The Hall–Kier alpha value is -1.01. The van der Waals surface area contributed by atoms with Gasteiger partial charge in [-0.2, -0.15) is 0 Å². The van der Waals surface area contributed by atoms with Crippen LogP contribution in [0.1, 0.15) is 19.3 Å². The fraction of sp³-hybridized carbons (Fsp3) is 0.667. The maximum absolute atomic E-state index is 5.79. The third-order valence-corrected chi connectivity index (χ3v) is 3.93. The molecule has 0 spiro atoms. The normalized spacial score (nSPS) is 23.6. The number of hydrogen-bond acceptors (Lipinski definition) is 6. The first-order valence-electron chi connectivity index (χ1n) is 6.21. The number of nitrogens with two attached hydrogens (primary N) is 1. The second kappa shape index (κ2) is 5.75. The topological polar surface area (TPSA) is 67.1 Å². The van der Waals surface area contributed by atoms with E-state index >= 15 is 0 Å². The Morgan fingerprint density at radius 3 is 2.83 bits per heavy atom. The molecule has 2 rings (SSSR count). The number of aromatic nitrogens is 2. The van der Waals surface area contributed by atoms with Gasteiger partial charge in [0.1, 0.15) is 11.6 Å². The molecule has 1 saturated carbocycles. The van der Waals surface area contributed by atoms with Crippen LogP contribution in [0.4, 0.5) is 11.6 Å². The SMILES string of the molecule is CSc1nc(N)cc(N[C@@H]2CCC[C@H]2N(C)C)n1. The van der Waals surface area contributed by atoms with Crippen molar-refractivity contribution in [3.05, 3.63) is 6.07 Å². The van der Waals surface area contributed by atoms with Gasteiger partial charge in [0.05, 0.1) is 0 Å². The van der Waals surface area contributed by atoms with Crippen LogP contribution in [-0.4, -0.2) is 47.3 Å². The second-order valence-electron chi connectivity index (χ2n) is 4.88.